The first kappa shape index (κ1) is 9.48. The summed E-state index contributed by atoms with van der Waals surface area (Å²) in [6.07, 6.45) is 0. The Balaban J connectivity index is 2.26. The lowest BCUT2D eigenvalue weighted by atomic mass is 10.0. The third-order valence-electron chi connectivity index (χ3n) is 2.07. The van der Waals surface area contributed by atoms with Crippen LogP contribution in [-0.4, -0.2) is 31.1 Å². The highest BCUT2D eigenvalue weighted by Crippen LogP contribution is 2.00. The number of nitrogens with zero attached hydrogens (tertiary/aromatic N) is 1. The zero-order valence-corrected chi connectivity index (χ0v) is 7.58. The molecule has 0 aromatic rings. The van der Waals surface area contributed by atoms with Crippen molar-refractivity contribution in [1.82, 2.24) is 10.6 Å². The summed E-state index contributed by atoms with van der Waals surface area (Å²) in [5, 5.41) is 6.84. The Kier molecular flexibility index (Phi) is 3.05. The minimum atomic E-state index is -0.384. The third-order valence-corrected chi connectivity index (χ3v) is 2.07. The molecule has 0 aromatic heterocycles. The summed E-state index contributed by atoms with van der Waals surface area (Å²) in [7, 11) is 0. The summed E-state index contributed by atoms with van der Waals surface area (Å²) in [6.45, 7) is 5.37. The van der Waals surface area contributed by atoms with Gasteiger partial charge >= 0.3 is 0 Å². The quantitative estimate of drug-likeness (QED) is 0.574. The average Bonchev–Trinajstić information content (AvgIpc) is 1.94. The fourth-order valence-electron chi connectivity index (χ4n) is 0.950. The Morgan fingerprint density at radius 1 is 1.58 bits per heavy atom. The van der Waals surface area contributed by atoms with Crippen molar-refractivity contribution in [2.75, 3.05) is 13.1 Å². The van der Waals surface area contributed by atoms with E-state index in [9.17, 15) is 4.79 Å². The van der Waals surface area contributed by atoms with Crippen molar-refractivity contribution in [1.29, 1.82) is 0 Å². The van der Waals surface area contributed by atoms with E-state index in [-0.39, 0.29) is 23.9 Å². The molecule has 1 rings (SSSR count). The van der Waals surface area contributed by atoms with Gasteiger partial charge in [-0.25, -0.2) is 5.32 Å². The number of carbonyl (C=O) groups excluding carboxylic acids is 1. The van der Waals surface area contributed by atoms with Gasteiger partial charge in [0.05, 0.1) is 12.1 Å². The van der Waals surface area contributed by atoms with Gasteiger partial charge in [0.15, 0.2) is 0 Å². The molecular weight excluding hydrogens is 154 g/mol. The molecule has 1 fully saturated rings. The van der Waals surface area contributed by atoms with E-state index < -0.39 is 0 Å². The van der Waals surface area contributed by atoms with Gasteiger partial charge in [-0.1, -0.05) is 13.8 Å². The molecule has 1 heterocycles. The van der Waals surface area contributed by atoms with E-state index in [1.807, 2.05) is 13.8 Å². The van der Waals surface area contributed by atoms with Crippen molar-refractivity contribution in [3.05, 3.63) is 0 Å². The molecule has 1 aliphatic rings. The second-order valence-corrected chi connectivity index (χ2v) is 3.56. The van der Waals surface area contributed by atoms with Crippen LogP contribution in [0.4, 0.5) is 0 Å². The molecule has 69 valence electrons. The van der Waals surface area contributed by atoms with Gasteiger partial charge in [-0.2, -0.15) is 0 Å². The maximum atomic E-state index is 11.3. The molecular formula is C8H16N3O. The van der Waals surface area contributed by atoms with Gasteiger partial charge in [0.25, 0.3) is 0 Å². The fraction of sp³-hybridized carbons (Fsp3) is 0.875. The van der Waals surface area contributed by atoms with Gasteiger partial charge in [0.2, 0.25) is 5.91 Å². The van der Waals surface area contributed by atoms with Crippen LogP contribution in [-0.2, 0) is 4.79 Å². The molecule has 0 spiro atoms. The van der Waals surface area contributed by atoms with Crippen molar-refractivity contribution in [3.8, 4) is 0 Å². The molecule has 1 amide bonds. The van der Waals surface area contributed by atoms with E-state index in [1.54, 1.807) is 0 Å². The Hall–Kier alpha value is -0.610. The predicted octanol–water partition coefficient (Wildman–Crippen LogP) is -0.927. The lowest BCUT2D eigenvalue weighted by molar-refractivity contribution is -0.124. The highest BCUT2D eigenvalue weighted by Gasteiger charge is 2.24. The van der Waals surface area contributed by atoms with E-state index in [4.69, 9.17) is 5.73 Å². The normalized spacial score (nSPS) is 20.3. The second kappa shape index (κ2) is 3.87. The number of hydrogen-bond donors (Lipinski definition) is 2. The van der Waals surface area contributed by atoms with Crippen molar-refractivity contribution in [2.45, 2.75) is 25.9 Å². The van der Waals surface area contributed by atoms with Gasteiger partial charge in [-0.15, -0.1) is 0 Å². The molecule has 0 bridgehead atoms. The molecule has 4 heteroatoms. The Morgan fingerprint density at radius 2 is 2.17 bits per heavy atom. The number of hydrogen-bond acceptors (Lipinski definition) is 2. The largest absolute Gasteiger partial charge is 0.349 e. The summed E-state index contributed by atoms with van der Waals surface area (Å²) < 4.78 is 0. The minimum absolute atomic E-state index is 0.0510. The van der Waals surface area contributed by atoms with E-state index in [0.717, 1.165) is 13.1 Å². The van der Waals surface area contributed by atoms with E-state index in [1.165, 1.54) is 0 Å². The summed E-state index contributed by atoms with van der Waals surface area (Å²) in [5.41, 5.74) is 5.64. The van der Waals surface area contributed by atoms with Gasteiger partial charge in [-0.05, 0) is 5.92 Å². The topological polar surface area (TPSA) is 69.2 Å². The van der Waals surface area contributed by atoms with Crippen LogP contribution in [0.2, 0.25) is 0 Å². The lowest BCUT2D eigenvalue weighted by Gasteiger charge is -2.28. The van der Waals surface area contributed by atoms with Crippen LogP contribution >= 0.6 is 0 Å². The average molecular weight is 170 g/mol. The first-order chi connectivity index (χ1) is 5.61. The van der Waals surface area contributed by atoms with Crippen LogP contribution in [0.3, 0.4) is 0 Å². The second-order valence-electron chi connectivity index (χ2n) is 3.56. The molecule has 3 N–H and O–H groups in total. The molecule has 1 aliphatic heterocycles. The Morgan fingerprint density at radius 3 is 2.50 bits per heavy atom. The molecule has 0 aromatic carbocycles. The van der Waals surface area contributed by atoms with Crippen LogP contribution < -0.4 is 16.4 Å². The first-order valence-corrected chi connectivity index (χ1v) is 4.30. The van der Waals surface area contributed by atoms with Gasteiger partial charge in [0, 0.05) is 13.1 Å². The highest BCUT2D eigenvalue weighted by atomic mass is 16.2. The fourth-order valence-corrected chi connectivity index (χ4v) is 0.950. The summed E-state index contributed by atoms with van der Waals surface area (Å²) >= 11 is 0. The van der Waals surface area contributed by atoms with Crippen LogP contribution in [0.15, 0.2) is 0 Å². The molecule has 12 heavy (non-hydrogen) atoms. The zero-order chi connectivity index (χ0) is 9.14. The molecule has 1 unspecified atom stereocenters. The van der Waals surface area contributed by atoms with Crippen LogP contribution in [0, 0.1) is 5.92 Å². The minimum Gasteiger partial charge on any atom is -0.349 e. The summed E-state index contributed by atoms with van der Waals surface area (Å²) in [5.74, 6) is 0.145. The molecule has 0 saturated carbocycles. The highest BCUT2D eigenvalue weighted by molar-refractivity contribution is 5.82. The molecule has 1 radical (unpaired) electrons. The molecule has 1 atom stereocenters. The number of carbonyl (C=O) groups is 1. The number of nitrogens with two attached hydrogens (primary N) is 1. The molecule has 0 aliphatic carbocycles. The number of amides is 1. The van der Waals surface area contributed by atoms with Gasteiger partial charge in [0.1, 0.15) is 0 Å². The van der Waals surface area contributed by atoms with Gasteiger partial charge in [-0.3, -0.25) is 4.79 Å². The maximum absolute atomic E-state index is 11.3. The maximum Gasteiger partial charge on any atom is 0.237 e. The van der Waals surface area contributed by atoms with E-state index >= 15 is 0 Å². The number of nitrogens with one attached hydrogen (secondary N) is 1. The zero-order valence-electron chi connectivity index (χ0n) is 7.58. The van der Waals surface area contributed by atoms with Crippen LogP contribution in [0.1, 0.15) is 13.8 Å². The van der Waals surface area contributed by atoms with Gasteiger partial charge < -0.3 is 11.1 Å². The predicted molar refractivity (Wildman–Crippen MR) is 46.6 cm³/mol. The van der Waals surface area contributed by atoms with Crippen molar-refractivity contribution >= 4 is 5.91 Å². The van der Waals surface area contributed by atoms with Crippen molar-refractivity contribution in [2.24, 2.45) is 11.7 Å². The summed E-state index contributed by atoms with van der Waals surface area (Å²) in [6, 6.07) is -0.145. The van der Waals surface area contributed by atoms with Crippen LogP contribution in [0.5, 0.6) is 0 Å². The lowest BCUT2D eigenvalue weighted by Crippen LogP contribution is -2.57. The number of rotatable bonds is 3. The van der Waals surface area contributed by atoms with Crippen LogP contribution in [0.25, 0.3) is 0 Å². The molecule has 1 saturated heterocycles. The monoisotopic (exact) mass is 170 g/mol. The summed E-state index contributed by atoms with van der Waals surface area (Å²) in [4.78, 5) is 11.3. The SMILES string of the molecule is CC(C)C(N)C(=O)NC1C[N]C1. The Labute approximate surface area is 72.9 Å². The standard InChI is InChI=1S/C8H16N3O/c1-5(2)7(9)8(12)11-6-3-10-4-6/h5-7H,3-4,9H2,1-2H3,(H,11,12). The van der Waals surface area contributed by atoms with E-state index in [0.29, 0.717) is 0 Å². The van der Waals surface area contributed by atoms with Crippen molar-refractivity contribution in [3.63, 3.8) is 0 Å². The molecule has 4 nitrogen and oxygen atoms in total. The van der Waals surface area contributed by atoms with Crippen molar-refractivity contribution < 1.29 is 4.79 Å². The first-order valence-electron chi connectivity index (χ1n) is 4.30. The Bertz CT molecular complexity index is 166. The third kappa shape index (κ3) is 2.19. The smallest absolute Gasteiger partial charge is 0.237 e. The van der Waals surface area contributed by atoms with E-state index in [2.05, 4.69) is 10.6 Å².